The molecule has 0 radical (unpaired) electrons. The van der Waals surface area contributed by atoms with Crippen molar-refractivity contribution in [1.29, 1.82) is 5.41 Å². The van der Waals surface area contributed by atoms with Crippen LogP contribution >= 0.6 is 11.8 Å². The van der Waals surface area contributed by atoms with Gasteiger partial charge >= 0.3 is 0 Å². The molecule has 1 aliphatic rings. The number of carbonyl (C=O) groups excluding carboxylic acids is 1. The average molecular weight is 547 g/mol. The summed E-state index contributed by atoms with van der Waals surface area (Å²) in [6.45, 7) is 9.53. The Balaban J connectivity index is 0.00000260. The first-order chi connectivity index (χ1) is 19.1. The van der Waals surface area contributed by atoms with Crippen molar-refractivity contribution in [2.75, 3.05) is 26.5 Å². The molecule has 3 rings (SSSR count). The number of nitrogens with zero attached hydrogens (tertiary/aromatic N) is 3. The van der Waals surface area contributed by atoms with Crippen LogP contribution in [0, 0.1) is 5.41 Å². The number of ether oxygens (including phenoxy) is 1. The molecule has 6 nitrogen and oxygen atoms in total. The zero-order valence-electron chi connectivity index (χ0n) is 24.1. The van der Waals surface area contributed by atoms with E-state index in [0.717, 1.165) is 65.2 Å². The van der Waals surface area contributed by atoms with Crippen LogP contribution in [0.2, 0.25) is 0 Å². The Morgan fingerprint density at radius 1 is 1.21 bits per heavy atom. The van der Waals surface area contributed by atoms with Crippen LogP contribution in [0.25, 0.3) is 17.7 Å². The van der Waals surface area contributed by atoms with Gasteiger partial charge in [0.1, 0.15) is 0 Å². The van der Waals surface area contributed by atoms with Crippen molar-refractivity contribution in [2.45, 2.75) is 53.0 Å². The van der Waals surface area contributed by atoms with E-state index >= 15 is 0 Å². The Bertz CT molecular complexity index is 1290. The van der Waals surface area contributed by atoms with E-state index in [1.165, 1.54) is 6.21 Å². The lowest BCUT2D eigenvalue weighted by Crippen LogP contribution is -2.36. The van der Waals surface area contributed by atoms with E-state index in [-0.39, 0.29) is 0 Å². The zero-order chi connectivity index (χ0) is 28.6. The van der Waals surface area contributed by atoms with E-state index in [4.69, 9.17) is 15.1 Å². The van der Waals surface area contributed by atoms with Crippen molar-refractivity contribution < 1.29 is 9.53 Å². The molecule has 2 aromatic rings. The summed E-state index contributed by atoms with van der Waals surface area (Å²) in [5.74, 6) is 0. The molecule has 7 heteroatoms. The van der Waals surface area contributed by atoms with Crippen LogP contribution in [-0.2, 0) is 11.2 Å². The monoisotopic (exact) mass is 546 g/mol. The van der Waals surface area contributed by atoms with Gasteiger partial charge in [-0.2, -0.15) is 0 Å². The van der Waals surface area contributed by atoms with Gasteiger partial charge in [-0.1, -0.05) is 44.2 Å². The van der Waals surface area contributed by atoms with Gasteiger partial charge in [-0.05, 0) is 73.3 Å². The predicted molar refractivity (Wildman–Crippen MR) is 169 cm³/mol. The molecule has 2 heterocycles. The van der Waals surface area contributed by atoms with Gasteiger partial charge in [-0.3, -0.25) is 9.78 Å². The molecule has 0 spiro atoms. The number of aldehydes is 1. The molecule has 0 unspecified atom stereocenters. The fourth-order valence-corrected chi connectivity index (χ4v) is 4.72. The van der Waals surface area contributed by atoms with Gasteiger partial charge in [-0.25, -0.2) is 4.99 Å². The maximum Gasteiger partial charge on any atom is 0.152 e. The van der Waals surface area contributed by atoms with Gasteiger partial charge in [0.25, 0.3) is 0 Å². The highest BCUT2D eigenvalue weighted by Gasteiger charge is 2.17. The summed E-state index contributed by atoms with van der Waals surface area (Å²) >= 11 is 1.61. The molecule has 0 bridgehead atoms. The molecule has 1 fully saturated rings. The minimum absolute atomic E-state index is 0.391. The van der Waals surface area contributed by atoms with Gasteiger partial charge in [-0.15, -0.1) is 11.8 Å². The normalized spacial score (nSPS) is 15.5. The first kappa shape index (κ1) is 31.9. The number of rotatable bonds is 10. The molecule has 0 saturated carbocycles. The van der Waals surface area contributed by atoms with Crippen molar-refractivity contribution in [1.82, 2.24) is 9.88 Å². The Labute approximate surface area is 237 Å². The summed E-state index contributed by atoms with van der Waals surface area (Å²) in [6, 6.07) is 6.30. The van der Waals surface area contributed by atoms with Crippen LogP contribution in [0.1, 0.15) is 67.7 Å². The molecule has 0 amide bonds. The Kier molecular flexibility index (Phi) is 14.2. The smallest absolute Gasteiger partial charge is 0.152 e. The Morgan fingerprint density at radius 2 is 1.92 bits per heavy atom. The standard InChI is InChI=1S/C30H36N4O2S.C2H6/c1-5-27-24(16-22-9-10-29(32-19-22)23(18-31)8-7-15-37-4)17-25(20-35)30(28(27)6-2)33-21-34(3)26-11-13-36-14-12-26;1-2/h5-10,15,17-21,26,31H,11-14,16H2,1-4H3;1-2H3/b15-7+,23-8+,27-5-,28-6+,31-18?,33-21?;. The largest absolute Gasteiger partial charge is 0.381 e. The molecule has 1 aromatic carbocycles. The minimum atomic E-state index is 0.391. The molecular weight excluding hydrogens is 504 g/mol. The number of hydrogen-bond donors (Lipinski definition) is 1. The van der Waals surface area contributed by atoms with Crippen LogP contribution in [0.5, 0.6) is 0 Å². The van der Waals surface area contributed by atoms with Gasteiger partial charge < -0.3 is 15.0 Å². The number of aliphatic imine (C=N–C) groups is 1. The predicted octanol–water partition coefficient (Wildman–Crippen LogP) is 5.79. The molecule has 1 saturated heterocycles. The van der Waals surface area contributed by atoms with Crippen LogP contribution in [0.4, 0.5) is 5.69 Å². The van der Waals surface area contributed by atoms with Crippen LogP contribution in [0.15, 0.2) is 46.9 Å². The van der Waals surface area contributed by atoms with E-state index in [0.29, 0.717) is 23.7 Å². The maximum absolute atomic E-state index is 12.1. The van der Waals surface area contributed by atoms with E-state index in [9.17, 15) is 4.79 Å². The highest BCUT2D eigenvalue weighted by Crippen LogP contribution is 2.17. The summed E-state index contributed by atoms with van der Waals surface area (Å²) in [4.78, 5) is 23.6. The number of carbonyl (C=O) groups is 1. The molecule has 1 aliphatic heterocycles. The van der Waals surface area contributed by atoms with Crippen molar-refractivity contribution in [2.24, 2.45) is 4.99 Å². The zero-order valence-corrected chi connectivity index (χ0v) is 24.9. The van der Waals surface area contributed by atoms with E-state index < -0.39 is 0 Å². The molecule has 1 N–H and O–H groups in total. The summed E-state index contributed by atoms with van der Waals surface area (Å²) < 4.78 is 5.47. The Morgan fingerprint density at radius 3 is 2.49 bits per heavy atom. The molecule has 208 valence electrons. The van der Waals surface area contributed by atoms with Crippen LogP contribution in [-0.4, -0.2) is 61.3 Å². The maximum atomic E-state index is 12.1. The molecule has 1 aromatic heterocycles. The van der Waals surface area contributed by atoms with Crippen molar-refractivity contribution >= 4 is 54.0 Å². The number of aromatic nitrogens is 1. The fourth-order valence-electron chi connectivity index (χ4n) is 4.49. The topological polar surface area (TPSA) is 78.6 Å². The Hall–Kier alpha value is -3.29. The first-order valence-corrected chi connectivity index (χ1v) is 14.8. The van der Waals surface area contributed by atoms with Gasteiger partial charge in [0.05, 0.1) is 17.7 Å². The quantitative estimate of drug-likeness (QED) is 0.177. The lowest BCUT2D eigenvalue weighted by Gasteiger charge is -2.29. The molecule has 0 atom stereocenters. The highest BCUT2D eigenvalue weighted by atomic mass is 32.2. The summed E-state index contributed by atoms with van der Waals surface area (Å²) in [5, 5.41) is 11.7. The van der Waals surface area contributed by atoms with Crippen molar-refractivity contribution in [3.63, 3.8) is 0 Å². The third-order valence-corrected chi connectivity index (χ3v) is 6.92. The van der Waals surface area contributed by atoms with E-state index in [1.807, 2.05) is 95.4 Å². The molecule has 0 aliphatic carbocycles. The highest BCUT2D eigenvalue weighted by molar-refractivity contribution is 8.01. The fraction of sp³-hybridized carbons (Fsp3) is 0.375. The summed E-state index contributed by atoms with van der Waals surface area (Å²) in [5.41, 5.74) is 4.85. The van der Waals surface area contributed by atoms with Crippen LogP contribution in [0.3, 0.4) is 0 Å². The second-order valence-corrected chi connectivity index (χ2v) is 9.55. The van der Waals surface area contributed by atoms with Crippen molar-refractivity contribution in [3.8, 4) is 0 Å². The number of hydrogen-bond acceptors (Lipinski definition) is 6. The lowest BCUT2D eigenvalue weighted by molar-refractivity contribution is 0.0616. The summed E-state index contributed by atoms with van der Waals surface area (Å²) in [7, 11) is 2.03. The number of pyridine rings is 1. The van der Waals surface area contributed by atoms with Gasteiger partial charge in [0.2, 0.25) is 0 Å². The SMILES string of the molecule is C/C=c1/c(Cc2ccc(/C(C=N)=C/C=C/SC)nc2)cc(C=O)c(N=CN(C)C2CCOCC2)/c1=C/C.CC. The van der Waals surface area contributed by atoms with Gasteiger partial charge in [0.15, 0.2) is 6.29 Å². The lowest BCUT2D eigenvalue weighted by atomic mass is 9.97. The van der Waals surface area contributed by atoms with Crippen LogP contribution < -0.4 is 10.4 Å². The number of nitrogens with one attached hydrogen (secondary N) is 1. The van der Waals surface area contributed by atoms with Gasteiger partial charge in [0, 0.05) is 55.1 Å². The number of benzene rings is 1. The third kappa shape index (κ3) is 8.87. The second kappa shape index (κ2) is 17.3. The summed E-state index contributed by atoms with van der Waals surface area (Å²) in [6.07, 6.45) is 18.4. The number of thioether (sulfide) groups is 1. The van der Waals surface area contributed by atoms with Crippen molar-refractivity contribution in [3.05, 3.63) is 74.8 Å². The molecular formula is C32H42N4O2S. The average Bonchev–Trinajstić information content (AvgIpc) is 2.99. The van der Waals surface area contributed by atoms with E-state index in [2.05, 4.69) is 16.0 Å². The second-order valence-electron chi connectivity index (χ2n) is 8.81. The van der Waals surface area contributed by atoms with E-state index in [1.54, 1.807) is 11.8 Å². The molecule has 39 heavy (non-hydrogen) atoms. The number of allylic oxidation sites excluding steroid dienone is 3. The third-order valence-electron chi connectivity index (χ3n) is 6.50. The first-order valence-electron chi connectivity index (χ1n) is 13.5. The minimum Gasteiger partial charge on any atom is -0.381 e.